The molecule has 3 aromatic rings. The van der Waals surface area contributed by atoms with Crippen molar-refractivity contribution in [3.05, 3.63) is 92.4 Å². The summed E-state index contributed by atoms with van der Waals surface area (Å²) >= 11 is 0. The third kappa shape index (κ3) is 6.20. The van der Waals surface area contributed by atoms with E-state index in [1.807, 2.05) is 12.4 Å². The molecule has 0 fully saturated rings. The maximum Gasteiger partial charge on any atom is 0.128 e. The highest BCUT2D eigenvalue weighted by Crippen LogP contribution is 2.23. The zero-order chi connectivity index (χ0) is 25.7. The molecule has 0 unspecified atom stereocenters. The monoisotopic (exact) mass is 479 g/mol. The van der Waals surface area contributed by atoms with Gasteiger partial charge in [0.2, 0.25) is 0 Å². The van der Waals surface area contributed by atoms with E-state index in [1.54, 1.807) is 0 Å². The van der Waals surface area contributed by atoms with Crippen molar-refractivity contribution in [2.24, 2.45) is 0 Å². The summed E-state index contributed by atoms with van der Waals surface area (Å²) in [6, 6.07) is 4.30. The minimum Gasteiger partial charge on any atom is -0.257 e. The van der Waals surface area contributed by atoms with E-state index in [2.05, 4.69) is 96.8 Å². The summed E-state index contributed by atoms with van der Waals surface area (Å²) < 4.78 is 0. The second-order valence-electron chi connectivity index (χ2n) is 9.78. The van der Waals surface area contributed by atoms with Gasteiger partial charge >= 0.3 is 0 Å². The highest BCUT2D eigenvalue weighted by molar-refractivity contribution is 5.61. The number of aromatic nitrogens is 5. The van der Waals surface area contributed by atoms with Gasteiger partial charge in [0.05, 0.1) is 28.5 Å². The number of fused-ring (bicyclic) bond motifs is 3. The van der Waals surface area contributed by atoms with Crippen molar-refractivity contribution in [1.82, 2.24) is 24.9 Å². The molecular weight excluding hydrogens is 442 g/mol. The fourth-order valence-electron chi connectivity index (χ4n) is 4.54. The van der Waals surface area contributed by atoms with Crippen LogP contribution in [0.15, 0.2) is 41.2 Å². The molecule has 0 saturated carbocycles. The molecule has 0 spiro atoms. The Morgan fingerprint density at radius 2 is 1.19 bits per heavy atom. The van der Waals surface area contributed by atoms with E-state index in [-0.39, 0.29) is 0 Å². The zero-order valence-electron chi connectivity index (χ0n) is 22.5. The van der Waals surface area contributed by atoms with E-state index in [1.165, 1.54) is 44.9 Å². The van der Waals surface area contributed by atoms with Gasteiger partial charge in [-0.3, -0.25) is 15.0 Å². The first kappa shape index (κ1) is 25.6. The Morgan fingerprint density at radius 1 is 0.583 bits per heavy atom. The molecule has 0 saturated heterocycles. The number of hydrogen-bond donors (Lipinski definition) is 0. The SMILES string of the molecule is CCc1ccc2c(n1)CC(C)=C2.CCc1cnc2c(n1)CC(C)=C2.CCc1ncc2c(n1)CC(C)=C2. The number of nitrogens with zero attached hydrogens (tertiary/aromatic N) is 5. The Labute approximate surface area is 215 Å². The Balaban J connectivity index is 0.000000127. The minimum absolute atomic E-state index is 0.923. The molecule has 0 atom stereocenters. The van der Waals surface area contributed by atoms with Crippen LogP contribution >= 0.6 is 0 Å². The van der Waals surface area contributed by atoms with Crippen molar-refractivity contribution in [2.75, 3.05) is 0 Å². The molecule has 0 N–H and O–H groups in total. The lowest BCUT2D eigenvalue weighted by molar-refractivity contribution is 0.900. The van der Waals surface area contributed by atoms with Gasteiger partial charge in [-0.1, -0.05) is 55.7 Å². The van der Waals surface area contributed by atoms with Gasteiger partial charge < -0.3 is 0 Å². The highest BCUT2D eigenvalue weighted by atomic mass is 14.9. The molecule has 5 heteroatoms. The molecule has 0 radical (unpaired) electrons. The van der Waals surface area contributed by atoms with Crippen LogP contribution in [0.4, 0.5) is 0 Å². The number of aryl methyl sites for hydroxylation is 3. The maximum atomic E-state index is 4.57. The third-order valence-electron chi connectivity index (χ3n) is 6.51. The zero-order valence-corrected chi connectivity index (χ0v) is 22.5. The van der Waals surface area contributed by atoms with Crippen molar-refractivity contribution in [3.63, 3.8) is 0 Å². The molecule has 5 nitrogen and oxygen atoms in total. The Bertz CT molecular complexity index is 1180. The Hall–Kier alpha value is -3.47. The van der Waals surface area contributed by atoms with Crippen LogP contribution in [0.5, 0.6) is 0 Å². The number of allylic oxidation sites excluding steroid dienone is 3. The van der Waals surface area contributed by atoms with Crippen LogP contribution in [-0.2, 0) is 38.5 Å². The van der Waals surface area contributed by atoms with Gasteiger partial charge in [-0.15, -0.1) is 0 Å². The minimum atomic E-state index is 0.923. The molecular formula is C31H37N5. The quantitative estimate of drug-likeness (QED) is 0.423. The Kier molecular flexibility index (Phi) is 8.19. The predicted octanol–water partition coefficient (Wildman–Crippen LogP) is 6.60. The molecule has 3 aliphatic rings. The molecule has 3 aromatic heterocycles. The summed E-state index contributed by atoms with van der Waals surface area (Å²) in [5.74, 6) is 0.955. The lowest BCUT2D eigenvalue weighted by Gasteiger charge is -2.00. The molecule has 0 bridgehead atoms. The summed E-state index contributed by atoms with van der Waals surface area (Å²) in [4.78, 5) is 22.1. The van der Waals surface area contributed by atoms with Gasteiger partial charge in [-0.25, -0.2) is 9.97 Å². The number of hydrogen-bond acceptors (Lipinski definition) is 5. The summed E-state index contributed by atoms with van der Waals surface area (Å²) in [6.45, 7) is 12.7. The molecule has 0 aliphatic heterocycles. The second-order valence-corrected chi connectivity index (χ2v) is 9.78. The fraction of sp³-hybridized carbons (Fsp3) is 0.387. The molecule has 186 valence electrons. The van der Waals surface area contributed by atoms with Gasteiger partial charge in [0.15, 0.2) is 0 Å². The summed E-state index contributed by atoms with van der Waals surface area (Å²) in [5, 5.41) is 0. The summed E-state index contributed by atoms with van der Waals surface area (Å²) in [6.07, 6.45) is 16.3. The van der Waals surface area contributed by atoms with E-state index in [0.717, 1.165) is 61.4 Å². The molecule has 6 rings (SSSR count). The van der Waals surface area contributed by atoms with Gasteiger partial charge in [-0.2, -0.15) is 0 Å². The smallest absolute Gasteiger partial charge is 0.128 e. The van der Waals surface area contributed by atoms with Crippen molar-refractivity contribution in [2.45, 2.75) is 80.1 Å². The third-order valence-corrected chi connectivity index (χ3v) is 6.51. The van der Waals surface area contributed by atoms with Crippen LogP contribution in [0.2, 0.25) is 0 Å². The average molecular weight is 480 g/mol. The lowest BCUT2D eigenvalue weighted by Crippen LogP contribution is -1.97. The van der Waals surface area contributed by atoms with Crippen LogP contribution in [0, 0.1) is 0 Å². The van der Waals surface area contributed by atoms with Crippen LogP contribution < -0.4 is 0 Å². The van der Waals surface area contributed by atoms with Crippen LogP contribution in [0.3, 0.4) is 0 Å². The van der Waals surface area contributed by atoms with Crippen LogP contribution in [0.1, 0.15) is 92.7 Å². The van der Waals surface area contributed by atoms with Crippen LogP contribution in [-0.4, -0.2) is 24.9 Å². The molecule has 3 heterocycles. The highest BCUT2D eigenvalue weighted by Gasteiger charge is 2.13. The van der Waals surface area contributed by atoms with E-state index < -0.39 is 0 Å². The van der Waals surface area contributed by atoms with Crippen molar-refractivity contribution < 1.29 is 0 Å². The summed E-state index contributed by atoms with van der Waals surface area (Å²) in [5.41, 5.74) is 13.6. The summed E-state index contributed by atoms with van der Waals surface area (Å²) in [7, 11) is 0. The molecule has 3 aliphatic carbocycles. The largest absolute Gasteiger partial charge is 0.257 e. The molecule has 36 heavy (non-hydrogen) atoms. The topological polar surface area (TPSA) is 64.5 Å². The lowest BCUT2D eigenvalue weighted by atomic mass is 10.2. The van der Waals surface area contributed by atoms with E-state index in [9.17, 15) is 0 Å². The standard InChI is InChI=1S/C11H13N.2C10H12N2/c1-3-10-5-4-9-6-8(2)7-11(9)12-10;1-3-10-11-6-8-4-7(2)5-9(8)12-10;1-3-8-6-11-9-4-7(2)5-10(9)12-8/h4-6H,3,7H2,1-2H3;2*4,6H,3,5H2,1-2H3. The van der Waals surface area contributed by atoms with Crippen LogP contribution in [0.25, 0.3) is 18.2 Å². The average Bonchev–Trinajstić information content (AvgIpc) is 3.56. The Morgan fingerprint density at radius 3 is 1.89 bits per heavy atom. The normalized spacial score (nSPS) is 14.3. The van der Waals surface area contributed by atoms with E-state index in [0.29, 0.717) is 0 Å². The maximum absolute atomic E-state index is 4.57. The van der Waals surface area contributed by atoms with E-state index in [4.69, 9.17) is 0 Å². The van der Waals surface area contributed by atoms with Gasteiger partial charge in [0.1, 0.15) is 5.82 Å². The number of pyridine rings is 1. The predicted molar refractivity (Wildman–Crippen MR) is 148 cm³/mol. The van der Waals surface area contributed by atoms with Gasteiger partial charge in [0.25, 0.3) is 0 Å². The van der Waals surface area contributed by atoms with Gasteiger partial charge in [-0.05, 0) is 51.3 Å². The van der Waals surface area contributed by atoms with E-state index >= 15 is 0 Å². The second kappa shape index (κ2) is 11.5. The molecule has 0 aromatic carbocycles. The first-order valence-electron chi connectivity index (χ1n) is 13.1. The first-order valence-corrected chi connectivity index (χ1v) is 13.1. The fourth-order valence-corrected chi connectivity index (χ4v) is 4.54. The molecule has 0 amide bonds. The van der Waals surface area contributed by atoms with Gasteiger partial charge in [0, 0.05) is 49.3 Å². The van der Waals surface area contributed by atoms with Crippen molar-refractivity contribution >= 4 is 18.2 Å². The van der Waals surface area contributed by atoms with Crippen molar-refractivity contribution in [3.8, 4) is 0 Å². The van der Waals surface area contributed by atoms with Crippen molar-refractivity contribution in [1.29, 1.82) is 0 Å². The number of rotatable bonds is 3. The first-order chi connectivity index (χ1) is 17.4.